The van der Waals surface area contributed by atoms with Gasteiger partial charge in [0.25, 0.3) is 0 Å². The predicted octanol–water partition coefficient (Wildman–Crippen LogP) is 2.17. The van der Waals surface area contributed by atoms with E-state index in [4.69, 9.17) is 5.73 Å². The van der Waals surface area contributed by atoms with Crippen LogP contribution in [0.25, 0.3) is 0 Å². The van der Waals surface area contributed by atoms with Crippen LogP contribution in [-0.2, 0) is 11.2 Å². The Morgan fingerprint density at radius 1 is 1.52 bits per heavy atom. The number of amides is 1. The Morgan fingerprint density at radius 2 is 2.29 bits per heavy atom. The molecule has 5 nitrogen and oxygen atoms in total. The molecule has 0 fully saturated rings. The molecule has 5 heteroatoms. The zero-order chi connectivity index (χ0) is 15.7. The third-order valence-corrected chi connectivity index (χ3v) is 3.28. The summed E-state index contributed by atoms with van der Waals surface area (Å²) in [6.07, 6.45) is 11.4. The summed E-state index contributed by atoms with van der Waals surface area (Å²) in [6, 6.07) is -0.240. The molecule has 2 atom stereocenters. The monoisotopic (exact) mass is 292 g/mol. The topological polar surface area (TPSA) is 83.8 Å². The number of imidazole rings is 1. The first kappa shape index (κ1) is 17.4. The molecule has 0 saturated heterocycles. The maximum Gasteiger partial charge on any atom is 0.234 e. The van der Waals surface area contributed by atoms with Crippen LogP contribution < -0.4 is 11.1 Å². The van der Waals surface area contributed by atoms with E-state index in [1.165, 1.54) is 0 Å². The summed E-state index contributed by atoms with van der Waals surface area (Å²) < 4.78 is 0. The van der Waals surface area contributed by atoms with E-state index in [1.54, 1.807) is 12.5 Å². The van der Waals surface area contributed by atoms with E-state index >= 15 is 0 Å². The Morgan fingerprint density at radius 3 is 2.81 bits per heavy atom. The number of rotatable bonds is 10. The van der Waals surface area contributed by atoms with Crippen molar-refractivity contribution in [1.29, 1.82) is 0 Å². The van der Waals surface area contributed by atoms with Gasteiger partial charge in [0.05, 0.1) is 18.1 Å². The van der Waals surface area contributed by atoms with Crippen molar-refractivity contribution in [3.63, 3.8) is 0 Å². The van der Waals surface area contributed by atoms with Crippen molar-refractivity contribution in [3.05, 3.63) is 30.4 Å². The lowest BCUT2D eigenvalue weighted by molar-refractivity contribution is -0.120. The van der Waals surface area contributed by atoms with Crippen LogP contribution in [0, 0.1) is 5.92 Å². The number of nitrogens with two attached hydrogens (primary N) is 1. The number of aromatic amines is 1. The molecular formula is C16H28N4O. The Hall–Kier alpha value is -1.62. The molecule has 1 aromatic rings. The summed E-state index contributed by atoms with van der Waals surface area (Å²) in [5.41, 5.74) is 6.36. The molecule has 1 heterocycles. The number of allylic oxidation sites excluding steroid dienone is 1. The molecule has 0 saturated carbocycles. The van der Waals surface area contributed by atoms with E-state index in [9.17, 15) is 4.79 Å². The van der Waals surface area contributed by atoms with Crippen LogP contribution in [0.5, 0.6) is 0 Å². The lowest BCUT2D eigenvalue weighted by Gasteiger charge is -2.22. The Kier molecular flexibility index (Phi) is 7.75. The second-order valence-electron chi connectivity index (χ2n) is 5.84. The molecule has 1 amide bonds. The lowest BCUT2D eigenvalue weighted by Crippen LogP contribution is -2.47. The maximum atomic E-state index is 11.7. The highest BCUT2D eigenvalue weighted by atomic mass is 16.1. The van der Waals surface area contributed by atoms with Crippen molar-refractivity contribution >= 4 is 5.91 Å². The smallest absolute Gasteiger partial charge is 0.234 e. The van der Waals surface area contributed by atoms with Gasteiger partial charge in [-0.05, 0) is 18.8 Å². The summed E-state index contributed by atoms with van der Waals surface area (Å²) in [5, 5.41) is 3.37. The number of carbonyl (C=O) groups excluding carboxylic acids is 1. The van der Waals surface area contributed by atoms with Crippen LogP contribution >= 0.6 is 0 Å². The molecule has 0 spiro atoms. The van der Waals surface area contributed by atoms with E-state index < -0.39 is 6.04 Å². The quantitative estimate of drug-likeness (QED) is 0.578. The molecule has 0 aromatic carbocycles. The van der Waals surface area contributed by atoms with Crippen LogP contribution in [0.3, 0.4) is 0 Å². The summed E-state index contributed by atoms with van der Waals surface area (Å²) in [6.45, 7) is 6.50. The Bertz CT molecular complexity index is 425. The molecule has 0 bridgehead atoms. The van der Waals surface area contributed by atoms with Gasteiger partial charge in [0.2, 0.25) is 5.91 Å². The molecule has 4 N–H and O–H groups in total. The average molecular weight is 292 g/mol. The Balaban J connectivity index is 2.68. The number of primary amides is 1. The average Bonchev–Trinajstić information content (AvgIpc) is 2.90. The van der Waals surface area contributed by atoms with Crippen LogP contribution in [0.1, 0.15) is 45.7 Å². The van der Waals surface area contributed by atoms with E-state index in [0.29, 0.717) is 12.3 Å². The van der Waals surface area contributed by atoms with Crippen LogP contribution in [0.4, 0.5) is 0 Å². The highest BCUT2D eigenvalue weighted by Gasteiger charge is 2.20. The highest BCUT2D eigenvalue weighted by Crippen LogP contribution is 2.09. The number of H-pyrrole nitrogens is 1. The maximum absolute atomic E-state index is 11.7. The van der Waals surface area contributed by atoms with Gasteiger partial charge in [-0.25, -0.2) is 4.98 Å². The number of hydrogen-bond donors (Lipinski definition) is 3. The first-order valence-corrected chi connectivity index (χ1v) is 7.72. The fraction of sp³-hybridized carbons (Fsp3) is 0.625. The molecule has 0 radical (unpaired) electrons. The van der Waals surface area contributed by atoms with Crippen molar-refractivity contribution in [2.24, 2.45) is 11.7 Å². The minimum absolute atomic E-state index is 0.160. The number of aromatic nitrogens is 2. The van der Waals surface area contributed by atoms with Crippen molar-refractivity contribution in [1.82, 2.24) is 15.3 Å². The fourth-order valence-corrected chi connectivity index (χ4v) is 2.25. The Labute approximate surface area is 127 Å². The van der Waals surface area contributed by atoms with Crippen LogP contribution in [0.2, 0.25) is 0 Å². The van der Waals surface area contributed by atoms with Gasteiger partial charge in [-0.15, -0.1) is 0 Å². The first-order chi connectivity index (χ1) is 10.0. The van der Waals surface area contributed by atoms with Gasteiger partial charge in [-0.3, -0.25) is 10.1 Å². The molecule has 118 valence electrons. The zero-order valence-electron chi connectivity index (χ0n) is 13.3. The third-order valence-electron chi connectivity index (χ3n) is 3.28. The van der Waals surface area contributed by atoms with E-state index in [2.05, 4.69) is 48.2 Å². The predicted molar refractivity (Wildman–Crippen MR) is 85.7 cm³/mol. The molecule has 21 heavy (non-hydrogen) atoms. The van der Waals surface area contributed by atoms with E-state index in [0.717, 1.165) is 25.0 Å². The SMILES string of the molecule is CCCC=C[C@H](CC(C)C)N[C@@H](Cc1c[nH]cn1)C(N)=O. The lowest BCUT2D eigenvalue weighted by atomic mass is 10.0. The summed E-state index contributed by atoms with van der Waals surface area (Å²) in [5.74, 6) is 0.211. The molecule has 0 aliphatic rings. The molecule has 0 aliphatic carbocycles. The fourth-order valence-electron chi connectivity index (χ4n) is 2.25. The minimum atomic E-state index is -0.400. The van der Waals surface area contributed by atoms with Gasteiger partial charge >= 0.3 is 0 Å². The van der Waals surface area contributed by atoms with Gasteiger partial charge in [0.1, 0.15) is 0 Å². The number of nitrogens with one attached hydrogen (secondary N) is 2. The molecule has 1 aromatic heterocycles. The second-order valence-corrected chi connectivity index (χ2v) is 5.84. The van der Waals surface area contributed by atoms with Gasteiger partial charge < -0.3 is 10.7 Å². The van der Waals surface area contributed by atoms with E-state index in [1.807, 2.05) is 0 Å². The first-order valence-electron chi connectivity index (χ1n) is 7.72. The summed E-state index contributed by atoms with van der Waals surface area (Å²) in [4.78, 5) is 18.7. The number of hydrogen-bond acceptors (Lipinski definition) is 3. The third kappa shape index (κ3) is 7.09. The number of carbonyl (C=O) groups is 1. The number of nitrogens with zero attached hydrogens (tertiary/aromatic N) is 1. The van der Waals surface area contributed by atoms with Crippen molar-refractivity contribution in [2.75, 3.05) is 0 Å². The summed E-state index contributed by atoms with van der Waals surface area (Å²) >= 11 is 0. The van der Waals surface area contributed by atoms with Crippen LogP contribution in [0.15, 0.2) is 24.7 Å². The molecule has 0 unspecified atom stereocenters. The standard InChI is InChI=1S/C16H28N4O/c1-4-5-6-7-13(8-12(2)3)20-15(16(17)21)9-14-10-18-11-19-14/h6-7,10-13,15,20H,4-5,8-9H2,1-3H3,(H2,17,21)(H,18,19)/t13-,15+/m1/s1. The van der Waals surface area contributed by atoms with Crippen molar-refractivity contribution < 1.29 is 4.79 Å². The second kappa shape index (κ2) is 9.34. The van der Waals surface area contributed by atoms with Crippen molar-refractivity contribution in [2.45, 2.75) is 58.5 Å². The minimum Gasteiger partial charge on any atom is -0.368 e. The van der Waals surface area contributed by atoms with Gasteiger partial charge in [-0.1, -0.05) is 39.3 Å². The molecule has 0 aliphatic heterocycles. The normalized spacial score (nSPS) is 14.7. The summed E-state index contributed by atoms with van der Waals surface area (Å²) in [7, 11) is 0. The number of unbranched alkanes of at least 4 members (excludes halogenated alkanes) is 1. The van der Waals surface area contributed by atoms with Gasteiger partial charge in [0, 0.05) is 18.7 Å². The van der Waals surface area contributed by atoms with Crippen LogP contribution in [-0.4, -0.2) is 28.0 Å². The van der Waals surface area contributed by atoms with Gasteiger partial charge in [0.15, 0.2) is 0 Å². The zero-order valence-corrected chi connectivity index (χ0v) is 13.3. The largest absolute Gasteiger partial charge is 0.368 e. The van der Waals surface area contributed by atoms with E-state index in [-0.39, 0.29) is 11.9 Å². The van der Waals surface area contributed by atoms with Crippen molar-refractivity contribution in [3.8, 4) is 0 Å². The molecular weight excluding hydrogens is 264 g/mol. The highest BCUT2D eigenvalue weighted by molar-refractivity contribution is 5.80. The molecule has 1 rings (SSSR count). The van der Waals surface area contributed by atoms with Gasteiger partial charge in [-0.2, -0.15) is 0 Å².